The van der Waals surface area contributed by atoms with Crippen LogP contribution in [0.4, 0.5) is 5.69 Å². The van der Waals surface area contributed by atoms with Gasteiger partial charge in [0, 0.05) is 28.9 Å². The summed E-state index contributed by atoms with van der Waals surface area (Å²) in [5.41, 5.74) is 2.03. The summed E-state index contributed by atoms with van der Waals surface area (Å²) < 4.78 is 0. The van der Waals surface area contributed by atoms with Crippen LogP contribution < -0.4 is 10.6 Å². The molecule has 2 aromatic rings. The first-order valence-electron chi connectivity index (χ1n) is 7.99. The fourth-order valence-electron chi connectivity index (χ4n) is 2.31. The van der Waals surface area contributed by atoms with Crippen LogP contribution in [-0.4, -0.2) is 23.5 Å². The average Bonchev–Trinajstić information content (AvgIpc) is 2.60. The Morgan fingerprint density at radius 2 is 1.71 bits per heavy atom. The molecule has 0 saturated carbocycles. The van der Waals surface area contributed by atoms with Crippen LogP contribution in [0, 0.1) is 0 Å². The van der Waals surface area contributed by atoms with Gasteiger partial charge in [-0.3, -0.25) is 9.59 Å². The lowest BCUT2D eigenvalue weighted by Gasteiger charge is -2.13. The number of aliphatic hydroxyl groups is 1. The van der Waals surface area contributed by atoms with Gasteiger partial charge in [0.05, 0.1) is 6.10 Å². The highest BCUT2D eigenvalue weighted by atomic mass is 16.3. The standard InChI is InChI=1S/C19H22N2O3/c1-3-11-20-18(23)14-7-6-8-15(12-14)19(24)21-17-10-5-4-9-16(17)13(2)22/h4-10,12-13,22H,3,11H2,1-2H3,(H,20,23)(H,21,24)/t13-/m1/s1. The lowest BCUT2D eigenvalue weighted by molar-refractivity contribution is 0.0953. The molecule has 0 aliphatic heterocycles. The molecule has 126 valence electrons. The molecule has 5 heteroatoms. The van der Waals surface area contributed by atoms with Gasteiger partial charge in [-0.2, -0.15) is 0 Å². The zero-order valence-corrected chi connectivity index (χ0v) is 13.9. The molecular weight excluding hydrogens is 304 g/mol. The SMILES string of the molecule is CCCNC(=O)c1cccc(C(=O)Nc2ccccc2[C@@H](C)O)c1. The Labute approximate surface area is 141 Å². The predicted molar refractivity (Wildman–Crippen MR) is 94.1 cm³/mol. The number of hydrogen-bond donors (Lipinski definition) is 3. The van der Waals surface area contributed by atoms with E-state index in [1.807, 2.05) is 6.92 Å². The molecule has 0 spiro atoms. The molecule has 0 aromatic heterocycles. The molecule has 0 saturated heterocycles. The normalized spacial score (nSPS) is 11.6. The number of carbonyl (C=O) groups excluding carboxylic acids is 2. The maximum Gasteiger partial charge on any atom is 0.255 e. The molecule has 0 fully saturated rings. The number of rotatable bonds is 6. The van der Waals surface area contributed by atoms with Crippen LogP contribution >= 0.6 is 0 Å². The Kier molecular flexibility index (Phi) is 6.09. The van der Waals surface area contributed by atoms with Crippen molar-refractivity contribution < 1.29 is 14.7 Å². The number of amides is 2. The zero-order chi connectivity index (χ0) is 17.5. The molecule has 0 radical (unpaired) electrons. The van der Waals surface area contributed by atoms with Crippen molar-refractivity contribution in [1.82, 2.24) is 5.32 Å². The third-order valence-electron chi connectivity index (χ3n) is 3.58. The molecule has 2 rings (SSSR count). The Morgan fingerprint density at radius 1 is 1.04 bits per heavy atom. The van der Waals surface area contributed by atoms with Gasteiger partial charge in [-0.15, -0.1) is 0 Å². The van der Waals surface area contributed by atoms with Gasteiger partial charge in [-0.1, -0.05) is 31.2 Å². The van der Waals surface area contributed by atoms with Gasteiger partial charge >= 0.3 is 0 Å². The molecule has 0 aliphatic rings. The third-order valence-corrected chi connectivity index (χ3v) is 3.58. The van der Waals surface area contributed by atoms with E-state index in [0.717, 1.165) is 6.42 Å². The van der Waals surface area contributed by atoms with Crippen LogP contribution in [0.15, 0.2) is 48.5 Å². The Balaban J connectivity index is 2.18. The van der Waals surface area contributed by atoms with Crippen molar-refractivity contribution in [2.24, 2.45) is 0 Å². The fourth-order valence-corrected chi connectivity index (χ4v) is 2.31. The number of para-hydroxylation sites is 1. The highest BCUT2D eigenvalue weighted by Gasteiger charge is 2.13. The number of anilines is 1. The summed E-state index contributed by atoms with van der Waals surface area (Å²) in [5.74, 6) is -0.524. The smallest absolute Gasteiger partial charge is 0.255 e. The van der Waals surface area contributed by atoms with Crippen molar-refractivity contribution in [1.29, 1.82) is 0 Å². The maximum atomic E-state index is 12.5. The Morgan fingerprint density at radius 3 is 2.38 bits per heavy atom. The van der Waals surface area contributed by atoms with Gasteiger partial charge in [0.25, 0.3) is 11.8 Å². The molecular formula is C19H22N2O3. The minimum absolute atomic E-state index is 0.198. The van der Waals surface area contributed by atoms with Crippen LogP contribution in [0.1, 0.15) is 52.7 Å². The monoisotopic (exact) mass is 326 g/mol. The second-order valence-corrected chi connectivity index (χ2v) is 5.55. The van der Waals surface area contributed by atoms with Crippen LogP contribution in [0.25, 0.3) is 0 Å². The van der Waals surface area contributed by atoms with Crippen molar-refractivity contribution in [2.45, 2.75) is 26.4 Å². The van der Waals surface area contributed by atoms with Crippen LogP contribution in [-0.2, 0) is 0 Å². The molecule has 3 N–H and O–H groups in total. The summed E-state index contributed by atoms with van der Waals surface area (Å²) in [6.45, 7) is 4.21. The number of benzene rings is 2. The largest absolute Gasteiger partial charge is 0.389 e. The minimum atomic E-state index is -0.687. The van der Waals surface area contributed by atoms with Gasteiger partial charge in [0.15, 0.2) is 0 Å². The molecule has 0 aliphatic carbocycles. The number of aliphatic hydroxyl groups excluding tert-OH is 1. The first-order chi connectivity index (χ1) is 11.5. The molecule has 0 heterocycles. The van der Waals surface area contributed by atoms with Crippen molar-refractivity contribution >= 4 is 17.5 Å². The molecule has 2 amide bonds. The van der Waals surface area contributed by atoms with Gasteiger partial charge in [0.1, 0.15) is 0 Å². The van der Waals surface area contributed by atoms with Gasteiger partial charge in [-0.05, 0) is 37.6 Å². The fraction of sp³-hybridized carbons (Fsp3) is 0.263. The summed E-state index contributed by atoms with van der Waals surface area (Å²) >= 11 is 0. The molecule has 0 unspecified atom stereocenters. The number of carbonyl (C=O) groups is 2. The van der Waals surface area contributed by atoms with E-state index >= 15 is 0 Å². The number of hydrogen-bond acceptors (Lipinski definition) is 3. The zero-order valence-electron chi connectivity index (χ0n) is 13.9. The lowest BCUT2D eigenvalue weighted by Crippen LogP contribution is -2.24. The van der Waals surface area contributed by atoms with Crippen molar-refractivity contribution in [3.63, 3.8) is 0 Å². The van der Waals surface area contributed by atoms with Crippen molar-refractivity contribution in [2.75, 3.05) is 11.9 Å². The van der Waals surface area contributed by atoms with E-state index < -0.39 is 6.10 Å². The van der Waals surface area contributed by atoms with Gasteiger partial charge in [-0.25, -0.2) is 0 Å². The third kappa shape index (κ3) is 4.43. The highest BCUT2D eigenvalue weighted by molar-refractivity contribution is 6.06. The lowest BCUT2D eigenvalue weighted by atomic mass is 10.1. The van der Waals surface area contributed by atoms with E-state index in [9.17, 15) is 14.7 Å². The van der Waals surface area contributed by atoms with Gasteiger partial charge < -0.3 is 15.7 Å². The summed E-state index contributed by atoms with van der Waals surface area (Å²) in [5, 5.41) is 15.4. The van der Waals surface area contributed by atoms with E-state index in [1.54, 1.807) is 55.5 Å². The van der Waals surface area contributed by atoms with E-state index in [0.29, 0.717) is 28.9 Å². The first-order valence-corrected chi connectivity index (χ1v) is 7.99. The molecule has 1 atom stereocenters. The van der Waals surface area contributed by atoms with Crippen molar-refractivity contribution in [3.05, 3.63) is 65.2 Å². The predicted octanol–water partition coefficient (Wildman–Crippen LogP) is 3.13. The van der Waals surface area contributed by atoms with Gasteiger partial charge in [0.2, 0.25) is 0 Å². The van der Waals surface area contributed by atoms with Crippen LogP contribution in [0.2, 0.25) is 0 Å². The molecule has 0 bridgehead atoms. The summed E-state index contributed by atoms with van der Waals surface area (Å²) in [6.07, 6.45) is 0.162. The van der Waals surface area contributed by atoms with E-state index in [4.69, 9.17) is 0 Å². The minimum Gasteiger partial charge on any atom is -0.389 e. The summed E-state index contributed by atoms with van der Waals surface area (Å²) in [6, 6.07) is 13.6. The van der Waals surface area contributed by atoms with Crippen LogP contribution in [0.3, 0.4) is 0 Å². The van der Waals surface area contributed by atoms with Crippen LogP contribution in [0.5, 0.6) is 0 Å². The quantitative estimate of drug-likeness (QED) is 0.763. The Bertz CT molecular complexity index is 726. The second-order valence-electron chi connectivity index (χ2n) is 5.55. The van der Waals surface area contributed by atoms with Crippen molar-refractivity contribution in [3.8, 4) is 0 Å². The van der Waals surface area contributed by atoms with E-state index in [2.05, 4.69) is 10.6 Å². The molecule has 2 aromatic carbocycles. The molecule has 5 nitrogen and oxygen atoms in total. The topological polar surface area (TPSA) is 78.4 Å². The second kappa shape index (κ2) is 8.26. The maximum absolute atomic E-state index is 12.5. The number of nitrogens with one attached hydrogen (secondary N) is 2. The molecule has 24 heavy (non-hydrogen) atoms. The summed E-state index contributed by atoms with van der Waals surface area (Å²) in [4.78, 5) is 24.5. The summed E-state index contributed by atoms with van der Waals surface area (Å²) in [7, 11) is 0. The van der Waals surface area contributed by atoms with E-state index in [-0.39, 0.29) is 11.8 Å². The average molecular weight is 326 g/mol. The van der Waals surface area contributed by atoms with E-state index in [1.165, 1.54) is 0 Å². The first kappa shape index (κ1) is 17.7. The highest BCUT2D eigenvalue weighted by Crippen LogP contribution is 2.22. The Hall–Kier alpha value is -2.66.